The molecule has 2 heterocycles. The van der Waals surface area contributed by atoms with Gasteiger partial charge in [0, 0.05) is 25.2 Å². The van der Waals surface area contributed by atoms with Gasteiger partial charge < -0.3 is 34.4 Å². The standard InChI is InChI=1S/C37H45N5O10/c1-36(2,3)51-34(48)42(35(49)52-37(4,5)6)22-24-19-25(15-14-23(24)21-38)39-32(46)26(20-30(44)45)31-33(47)41(17-18-50-31)28-12-8-7-11-27(28)40-16-10-9-13-29(40)43/h7-8,11-12,14-15,19,26,31H,9-10,13,16-18,20,22H2,1-6H3,(H,39,46)(H,44,45)/t26-,31-/m1/s1. The number of morpholine rings is 1. The first-order valence-corrected chi connectivity index (χ1v) is 17.0. The van der Waals surface area contributed by atoms with E-state index >= 15 is 0 Å². The van der Waals surface area contributed by atoms with Gasteiger partial charge in [0.15, 0.2) is 0 Å². The number of para-hydroxylation sites is 2. The van der Waals surface area contributed by atoms with Gasteiger partial charge in [-0.2, -0.15) is 5.26 Å². The molecule has 5 amide bonds. The number of nitrogens with one attached hydrogen (secondary N) is 1. The van der Waals surface area contributed by atoms with Crippen molar-refractivity contribution in [2.45, 2.75) is 91.1 Å². The maximum Gasteiger partial charge on any atom is 0.420 e. The van der Waals surface area contributed by atoms with Crippen LogP contribution in [0, 0.1) is 17.2 Å². The summed E-state index contributed by atoms with van der Waals surface area (Å²) in [5, 5.41) is 22.3. The lowest BCUT2D eigenvalue weighted by atomic mass is 9.94. The highest BCUT2D eigenvalue weighted by Crippen LogP contribution is 2.35. The first kappa shape index (κ1) is 39.3. The molecule has 2 N–H and O–H groups in total. The topological polar surface area (TPSA) is 196 Å². The Morgan fingerprint density at radius 3 is 2.13 bits per heavy atom. The summed E-state index contributed by atoms with van der Waals surface area (Å²) in [6.45, 7) is 9.86. The minimum absolute atomic E-state index is 0.00569. The number of piperidine rings is 1. The van der Waals surface area contributed by atoms with Gasteiger partial charge in [-0.15, -0.1) is 0 Å². The first-order chi connectivity index (χ1) is 24.4. The van der Waals surface area contributed by atoms with Gasteiger partial charge in [0.2, 0.25) is 11.8 Å². The van der Waals surface area contributed by atoms with E-state index in [0.29, 0.717) is 29.2 Å². The van der Waals surface area contributed by atoms with Crippen molar-refractivity contribution >= 4 is 52.9 Å². The molecule has 2 aliphatic rings. The summed E-state index contributed by atoms with van der Waals surface area (Å²) < 4.78 is 16.6. The second kappa shape index (κ2) is 16.2. The summed E-state index contributed by atoms with van der Waals surface area (Å²) in [5.74, 6) is -4.40. The van der Waals surface area contributed by atoms with Crippen molar-refractivity contribution in [3.63, 3.8) is 0 Å². The minimum atomic E-state index is -1.49. The number of imide groups is 1. The molecule has 0 spiro atoms. The van der Waals surface area contributed by atoms with Crippen molar-refractivity contribution in [1.82, 2.24) is 4.90 Å². The fourth-order valence-corrected chi connectivity index (χ4v) is 5.79. The summed E-state index contributed by atoms with van der Waals surface area (Å²) in [4.78, 5) is 82.6. The van der Waals surface area contributed by atoms with E-state index in [0.717, 1.165) is 12.8 Å². The number of hydrogen-bond donors (Lipinski definition) is 2. The monoisotopic (exact) mass is 719 g/mol. The zero-order valence-electron chi connectivity index (χ0n) is 30.3. The SMILES string of the molecule is CC(C)(C)OC(=O)N(Cc1cc(NC(=O)[C@H](CC(=O)O)[C@H]2OCCN(c3ccccc3N3CCCCC3=O)C2=O)ccc1C#N)C(=O)OC(C)(C)C. The van der Waals surface area contributed by atoms with Gasteiger partial charge in [0.1, 0.15) is 17.3 Å². The van der Waals surface area contributed by atoms with Gasteiger partial charge in [0.25, 0.3) is 5.91 Å². The van der Waals surface area contributed by atoms with E-state index in [1.54, 1.807) is 70.7 Å². The Morgan fingerprint density at radius 2 is 1.58 bits per heavy atom. The Kier molecular flexibility index (Phi) is 12.3. The number of carboxylic acids is 1. The molecule has 2 fully saturated rings. The quantitative estimate of drug-likeness (QED) is 0.345. The van der Waals surface area contributed by atoms with E-state index < -0.39 is 66.2 Å². The fraction of sp³-hybridized carbons (Fsp3) is 0.486. The second-order valence-electron chi connectivity index (χ2n) is 14.5. The molecule has 278 valence electrons. The van der Waals surface area contributed by atoms with Crippen LogP contribution >= 0.6 is 0 Å². The van der Waals surface area contributed by atoms with Crippen LogP contribution in [0.4, 0.5) is 26.7 Å². The lowest BCUT2D eigenvalue weighted by Gasteiger charge is -2.38. The van der Waals surface area contributed by atoms with Crippen molar-refractivity contribution in [2.24, 2.45) is 5.92 Å². The number of anilines is 3. The van der Waals surface area contributed by atoms with E-state index in [2.05, 4.69) is 5.32 Å². The van der Waals surface area contributed by atoms with E-state index in [-0.39, 0.29) is 35.9 Å². The number of amides is 5. The molecule has 4 rings (SSSR count). The van der Waals surface area contributed by atoms with Crippen LogP contribution < -0.4 is 15.1 Å². The predicted molar refractivity (Wildman–Crippen MR) is 188 cm³/mol. The fourth-order valence-electron chi connectivity index (χ4n) is 5.79. The van der Waals surface area contributed by atoms with Crippen LogP contribution in [0.1, 0.15) is 78.4 Å². The third-order valence-corrected chi connectivity index (χ3v) is 8.05. The number of nitriles is 1. The van der Waals surface area contributed by atoms with Crippen molar-refractivity contribution in [3.05, 3.63) is 53.6 Å². The van der Waals surface area contributed by atoms with Crippen LogP contribution in [0.15, 0.2) is 42.5 Å². The van der Waals surface area contributed by atoms with Gasteiger partial charge >= 0.3 is 18.2 Å². The van der Waals surface area contributed by atoms with Crippen LogP contribution in [0.2, 0.25) is 0 Å². The Labute approximate surface area is 302 Å². The second-order valence-corrected chi connectivity index (χ2v) is 14.5. The molecule has 2 aromatic rings. The van der Waals surface area contributed by atoms with Crippen molar-refractivity contribution < 1.29 is 48.1 Å². The molecule has 2 atom stereocenters. The van der Waals surface area contributed by atoms with Gasteiger partial charge in [-0.3, -0.25) is 19.2 Å². The molecule has 0 unspecified atom stereocenters. The van der Waals surface area contributed by atoms with E-state index in [1.807, 2.05) is 6.07 Å². The molecule has 0 radical (unpaired) electrons. The van der Waals surface area contributed by atoms with Gasteiger partial charge in [0.05, 0.1) is 48.5 Å². The first-order valence-electron chi connectivity index (χ1n) is 17.0. The van der Waals surface area contributed by atoms with Gasteiger partial charge in [-0.1, -0.05) is 12.1 Å². The van der Waals surface area contributed by atoms with Crippen LogP contribution in [0.5, 0.6) is 0 Å². The summed E-state index contributed by atoms with van der Waals surface area (Å²) in [6.07, 6.45) is -2.33. The molecule has 2 saturated heterocycles. The van der Waals surface area contributed by atoms with Crippen LogP contribution in [0.25, 0.3) is 0 Å². The molecule has 0 aliphatic carbocycles. The highest BCUT2D eigenvalue weighted by atomic mass is 16.6. The number of carbonyl (C=O) groups excluding carboxylic acids is 5. The lowest BCUT2D eigenvalue weighted by Crippen LogP contribution is -2.54. The molecule has 52 heavy (non-hydrogen) atoms. The zero-order chi connectivity index (χ0) is 38.4. The molecule has 0 saturated carbocycles. The van der Waals surface area contributed by atoms with Crippen molar-refractivity contribution in [3.8, 4) is 6.07 Å². The minimum Gasteiger partial charge on any atom is -0.481 e. The summed E-state index contributed by atoms with van der Waals surface area (Å²) in [5.41, 5.74) is -0.635. The summed E-state index contributed by atoms with van der Waals surface area (Å²) in [7, 11) is 0. The molecular formula is C37H45N5O10. The Balaban J connectivity index is 1.62. The largest absolute Gasteiger partial charge is 0.481 e. The van der Waals surface area contributed by atoms with Crippen molar-refractivity contribution in [2.75, 3.05) is 34.8 Å². The van der Waals surface area contributed by atoms with Gasteiger partial charge in [-0.25, -0.2) is 14.5 Å². The van der Waals surface area contributed by atoms with E-state index in [1.165, 1.54) is 23.1 Å². The number of hydrogen-bond acceptors (Lipinski definition) is 10. The van der Waals surface area contributed by atoms with Gasteiger partial charge in [-0.05, 0) is 90.3 Å². The average Bonchev–Trinajstić information content (AvgIpc) is 3.05. The molecular weight excluding hydrogens is 674 g/mol. The smallest absolute Gasteiger partial charge is 0.420 e. The molecule has 2 aromatic carbocycles. The van der Waals surface area contributed by atoms with E-state index in [4.69, 9.17) is 14.2 Å². The lowest BCUT2D eigenvalue weighted by molar-refractivity contribution is -0.149. The predicted octanol–water partition coefficient (Wildman–Crippen LogP) is 5.21. The Morgan fingerprint density at radius 1 is 0.962 bits per heavy atom. The van der Waals surface area contributed by atoms with Crippen molar-refractivity contribution in [1.29, 1.82) is 5.26 Å². The van der Waals surface area contributed by atoms with Crippen LogP contribution in [0.3, 0.4) is 0 Å². The number of benzene rings is 2. The summed E-state index contributed by atoms with van der Waals surface area (Å²) >= 11 is 0. The number of carbonyl (C=O) groups is 6. The molecule has 0 aromatic heterocycles. The van der Waals surface area contributed by atoms with Crippen LogP contribution in [-0.2, 0) is 39.9 Å². The summed E-state index contributed by atoms with van der Waals surface area (Å²) in [6, 6.07) is 13.0. The Bertz CT molecular complexity index is 1730. The number of carboxylic acid groups (broad SMARTS) is 1. The molecule has 15 heteroatoms. The normalized spacial score (nSPS) is 17.1. The highest BCUT2D eigenvalue weighted by Gasteiger charge is 2.42. The highest BCUT2D eigenvalue weighted by molar-refractivity contribution is 6.07. The van der Waals surface area contributed by atoms with E-state index in [9.17, 15) is 39.1 Å². The molecule has 2 aliphatic heterocycles. The third kappa shape index (κ3) is 10.1. The average molecular weight is 720 g/mol. The molecule has 0 bridgehead atoms. The maximum absolute atomic E-state index is 14.0. The number of nitrogens with zero attached hydrogens (tertiary/aromatic N) is 4. The third-order valence-electron chi connectivity index (χ3n) is 8.05. The molecule has 15 nitrogen and oxygen atoms in total. The Hall–Kier alpha value is -5.49. The number of ether oxygens (including phenoxy) is 3. The zero-order valence-corrected chi connectivity index (χ0v) is 30.3. The van der Waals surface area contributed by atoms with Crippen LogP contribution in [-0.4, -0.2) is 82.9 Å². The number of rotatable bonds is 9. The number of aliphatic carboxylic acids is 1. The maximum atomic E-state index is 14.0.